The van der Waals surface area contributed by atoms with E-state index >= 15 is 0 Å². The first-order valence-corrected chi connectivity index (χ1v) is 9.00. The molecule has 1 aliphatic carbocycles. The van der Waals surface area contributed by atoms with Crippen LogP contribution in [0.3, 0.4) is 0 Å². The van der Waals surface area contributed by atoms with E-state index in [0.29, 0.717) is 25.6 Å². The number of aryl methyl sites for hydroxylation is 3. The van der Waals surface area contributed by atoms with Crippen molar-refractivity contribution >= 4 is 11.8 Å². The first kappa shape index (κ1) is 16.9. The number of hydrogen-bond donors (Lipinski definition) is 1. The van der Waals surface area contributed by atoms with E-state index in [1.165, 1.54) is 12.8 Å². The first-order valence-electron chi connectivity index (χ1n) is 9.00. The molecule has 7 nitrogen and oxygen atoms in total. The SMILES string of the molecule is Cc1nc(C)n(CCCNC(=O)C2CC(=O)N(C3CCCC3)C2)n1. The average Bonchev–Trinajstić information content (AvgIpc) is 3.24. The number of aromatic nitrogens is 3. The molecule has 1 aromatic rings. The molecule has 2 heterocycles. The lowest BCUT2D eigenvalue weighted by atomic mass is 10.1. The van der Waals surface area contributed by atoms with Crippen LogP contribution in [0.4, 0.5) is 0 Å². The van der Waals surface area contributed by atoms with Crippen LogP contribution in [-0.4, -0.2) is 50.6 Å². The molecular weight excluding hydrogens is 306 g/mol. The summed E-state index contributed by atoms with van der Waals surface area (Å²) in [5.41, 5.74) is 0. The van der Waals surface area contributed by atoms with Gasteiger partial charge in [0.15, 0.2) is 0 Å². The van der Waals surface area contributed by atoms with Crippen molar-refractivity contribution in [3.63, 3.8) is 0 Å². The number of rotatable bonds is 6. The molecule has 1 saturated carbocycles. The highest BCUT2D eigenvalue weighted by molar-refractivity contribution is 5.89. The molecule has 1 unspecified atom stereocenters. The Balaban J connectivity index is 1.41. The Morgan fingerprint density at radius 3 is 2.71 bits per heavy atom. The number of nitrogens with zero attached hydrogens (tertiary/aromatic N) is 4. The highest BCUT2D eigenvalue weighted by atomic mass is 16.2. The van der Waals surface area contributed by atoms with Gasteiger partial charge in [0.2, 0.25) is 11.8 Å². The Bertz CT molecular complexity index is 606. The number of carbonyl (C=O) groups is 2. The maximum Gasteiger partial charge on any atom is 0.225 e. The topological polar surface area (TPSA) is 80.1 Å². The zero-order chi connectivity index (χ0) is 17.1. The Hall–Kier alpha value is -1.92. The second kappa shape index (κ2) is 7.32. The summed E-state index contributed by atoms with van der Waals surface area (Å²) in [5.74, 6) is 1.64. The molecule has 2 fully saturated rings. The molecule has 0 radical (unpaired) electrons. The van der Waals surface area contributed by atoms with Gasteiger partial charge in [0, 0.05) is 32.1 Å². The van der Waals surface area contributed by atoms with Gasteiger partial charge in [-0.25, -0.2) is 4.98 Å². The Morgan fingerprint density at radius 1 is 1.29 bits per heavy atom. The zero-order valence-electron chi connectivity index (χ0n) is 14.6. The van der Waals surface area contributed by atoms with E-state index < -0.39 is 0 Å². The highest BCUT2D eigenvalue weighted by Gasteiger charge is 2.38. The maximum absolute atomic E-state index is 12.3. The fourth-order valence-electron chi connectivity index (χ4n) is 3.83. The quantitative estimate of drug-likeness (QED) is 0.793. The van der Waals surface area contributed by atoms with Crippen LogP contribution >= 0.6 is 0 Å². The van der Waals surface area contributed by atoms with Gasteiger partial charge in [-0.1, -0.05) is 12.8 Å². The van der Waals surface area contributed by atoms with Gasteiger partial charge >= 0.3 is 0 Å². The molecule has 2 aliphatic rings. The largest absolute Gasteiger partial charge is 0.356 e. The highest BCUT2D eigenvalue weighted by Crippen LogP contribution is 2.29. The molecule has 132 valence electrons. The van der Waals surface area contributed by atoms with Gasteiger partial charge in [-0.2, -0.15) is 5.10 Å². The molecule has 0 bridgehead atoms. The lowest BCUT2D eigenvalue weighted by molar-refractivity contribution is -0.130. The van der Waals surface area contributed by atoms with Crippen LogP contribution in [0.2, 0.25) is 0 Å². The molecule has 2 amide bonds. The minimum Gasteiger partial charge on any atom is -0.356 e. The lowest BCUT2D eigenvalue weighted by Gasteiger charge is -2.23. The minimum atomic E-state index is -0.187. The molecule has 3 rings (SSSR count). The molecule has 1 saturated heterocycles. The number of nitrogens with one attached hydrogen (secondary N) is 1. The smallest absolute Gasteiger partial charge is 0.225 e. The summed E-state index contributed by atoms with van der Waals surface area (Å²) in [4.78, 5) is 30.7. The summed E-state index contributed by atoms with van der Waals surface area (Å²) in [6.07, 6.45) is 5.76. The van der Waals surface area contributed by atoms with E-state index in [1.807, 2.05) is 23.4 Å². The molecule has 1 aromatic heterocycles. The van der Waals surface area contributed by atoms with Crippen LogP contribution < -0.4 is 5.32 Å². The number of hydrogen-bond acceptors (Lipinski definition) is 4. The molecule has 1 aliphatic heterocycles. The van der Waals surface area contributed by atoms with Crippen LogP contribution in [0.25, 0.3) is 0 Å². The standard InChI is InChI=1S/C17H27N5O2/c1-12-19-13(2)22(20-12)9-5-8-18-17(24)14-10-16(23)21(11-14)15-6-3-4-7-15/h14-15H,3-11H2,1-2H3,(H,18,24). The third-order valence-corrected chi connectivity index (χ3v) is 5.10. The zero-order valence-corrected chi connectivity index (χ0v) is 14.6. The van der Waals surface area contributed by atoms with Crippen molar-refractivity contribution < 1.29 is 9.59 Å². The first-order chi connectivity index (χ1) is 11.5. The van der Waals surface area contributed by atoms with Crippen LogP contribution in [0.1, 0.15) is 50.2 Å². The monoisotopic (exact) mass is 333 g/mol. The summed E-state index contributed by atoms with van der Waals surface area (Å²) in [7, 11) is 0. The summed E-state index contributed by atoms with van der Waals surface area (Å²) in [6.45, 7) is 5.74. The number of amides is 2. The van der Waals surface area contributed by atoms with Crippen molar-refractivity contribution in [2.24, 2.45) is 5.92 Å². The molecule has 24 heavy (non-hydrogen) atoms. The Labute approximate surface area is 142 Å². The van der Waals surface area contributed by atoms with Crippen molar-refractivity contribution in [3.05, 3.63) is 11.6 Å². The maximum atomic E-state index is 12.3. The molecule has 0 spiro atoms. The van der Waals surface area contributed by atoms with Crippen LogP contribution in [0, 0.1) is 19.8 Å². The summed E-state index contributed by atoms with van der Waals surface area (Å²) >= 11 is 0. The van der Waals surface area contributed by atoms with Gasteiger partial charge in [-0.3, -0.25) is 14.3 Å². The normalized spacial score (nSPS) is 21.7. The molecule has 1 N–H and O–H groups in total. The molecular formula is C17H27N5O2. The predicted octanol–water partition coefficient (Wildman–Crippen LogP) is 1.19. The van der Waals surface area contributed by atoms with Crippen molar-refractivity contribution in [1.82, 2.24) is 25.0 Å². The lowest BCUT2D eigenvalue weighted by Crippen LogP contribution is -2.37. The van der Waals surface area contributed by atoms with Gasteiger partial charge in [-0.15, -0.1) is 0 Å². The van der Waals surface area contributed by atoms with Gasteiger partial charge in [0.05, 0.1) is 5.92 Å². The fraction of sp³-hybridized carbons (Fsp3) is 0.765. The third kappa shape index (κ3) is 3.76. The summed E-state index contributed by atoms with van der Waals surface area (Å²) in [5, 5.41) is 7.28. The second-order valence-electron chi connectivity index (χ2n) is 6.96. The van der Waals surface area contributed by atoms with Crippen molar-refractivity contribution in [3.8, 4) is 0 Å². The van der Waals surface area contributed by atoms with E-state index in [1.54, 1.807) is 0 Å². The van der Waals surface area contributed by atoms with E-state index in [4.69, 9.17) is 0 Å². The van der Waals surface area contributed by atoms with Gasteiger partial charge < -0.3 is 10.2 Å². The second-order valence-corrected chi connectivity index (χ2v) is 6.96. The van der Waals surface area contributed by atoms with Gasteiger partial charge in [0.25, 0.3) is 0 Å². The Kier molecular flexibility index (Phi) is 5.16. The minimum absolute atomic E-state index is 0.00957. The molecule has 0 aromatic carbocycles. The van der Waals surface area contributed by atoms with Crippen LogP contribution in [0.5, 0.6) is 0 Å². The van der Waals surface area contributed by atoms with Crippen molar-refractivity contribution in [2.45, 2.75) is 65.0 Å². The number of likely N-dealkylation sites (tertiary alicyclic amines) is 1. The Morgan fingerprint density at radius 2 is 2.04 bits per heavy atom. The van der Waals surface area contributed by atoms with E-state index in [9.17, 15) is 9.59 Å². The fourth-order valence-corrected chi connectivity index (χ4v) is 3.83. The van der Waals surface area contributed by atoms with Crippen molar-refractivity contribution in [1.29, 1.82) is 0 Å². The molecule has 1 atom stereocenters. The number of carbonyl (C=O) groups excluding carboxylic acids is 2. The molecule has 7 heteroatoms. The van der Waals surface area contributed by atoms with Crippen LogP contribution in [-0.2, 0) is 16.1 Å². The third-order valence-electron chi connectivity index (χ3n) is 5.10. The van der Waals surface area contributed by atoms with Gasteiger partial charge in [-0.05, 0) is 33.1 Å². The predicted molar refractivity (Wildman–Crippen MR) is 89.2 cm³/mol. The van der Waals surface area contributed by atoms with E-state index in [-0.39, 0.29) is 17.7 Å². The van der Waals surface area contributed by atoms with E-state index in [0.717, 1.165) is 37.5 Å². The van der Waals surface area contributed by atoms with Crippen molar-refractivity contribution in [2.75, 3.05) is 13.1 Å². The van der Waals surface area contributed by atoms with E-state index in [2.05, 4.69) is 15.4 Å². The summed E-state index contributed by atoms with van der Waals surface area (Å²) in [6, 6.07) is 0.369. The average molecular weight is 333 g/mol. The van der Waals surface area contributed by atoms with Crippen LogP contribution in [0.15, 0.2) is 0 Å². The summed E-state index contributed by atoms with van der Waals surface area (Å²) < 4.78 is 1.86. The van der Waals surface area contributed by atoms with Gasteiger partial charge in [0.1, 0.15) is 11.6 Å².